The first-order valence-electron chi connectivity index (χ1n) is 6.56. The number of esters is 1. The van der Waals surface area contributed by atoms with Gasteiger partial charge in [-0.25, -0.2) is 0 Å². The summed E-state index contributed by atoms with van der Waals surface area (Å²) in [5.74, 6) is 0.760. The van der Waals surface area contributed by atoms with Crippen LogP contribution < -0.4 is 5.32 Å². The number of hydrogen-bond donors (Lipinski definition) is 1. The average Bonchev–Trinajstić information content (AvgIpc) is 2.35. The maximum absolute atomic E-state index is 11.2. The van der Waals surface area contributed by atoms with Crippen LogP contribution in [-0.2, 0) is 9.53 Å². The molecule has 100 valence electrons. The summed E-state index contributed by atoms with van der Waals surface area (Å²) in [4.78, 5) is 11.2. The third-order valence-electron chi connectivity index (χ3n) is 2.97. The Morgan fingerprint density at radius 1 is 1.28 bits per heavy atom. The maximum Gasteiger partial charge on any atom is 0.319 e. The van der Waals surface area contributed by atoms with Gasteiger partial charge in [-0.1, -0.05) is 44.2 Å². The van der Waals surface area contributed by atoms with Gasteiger partial charge < -0.3 is 10.1 Å². The van der Waals surface area contributed by atoms with Crippen molar-refractivity contribution in [2.24, 2.45) is 5.92 Å². The van der Waals surface area contributed by atoms with E-state index in [1.807, 2.05) is 13.0 Å². The van der Waals surface area contributed by atoms with Crippen molar-refractivity contribution in [3.05, 3.63) is 35.9 Å². The molecule has 3 nitrogen and oxygen atoms in total. The minimum absolute atomic E-state index is 0.187. The summed E-state index contributed by atoms with van der Waals surface area (Å²) in [5, 5.41) is 3.18. The molecule has 0 saturated carbocycles. The fraction of sp³-hybridized carbons (Fsp3) is 0.533. The Kier molecular flexibility index (Phi) is 6.44. The highest BCUT2D eigenvalue weighted by molar-refractivity contribution is 5.71. The molecule has 0 fully saturated rings. The standard InChI is InChI=1S/C15H23NO2/c1-4-18-15(17)11-16-10-14(12(2)3)13-8-6-5-7-9-13/h5-9,12,14,16H,4,10-11H2,1-3H3. The Morgan fingerprint density at radius 2 is 1.94 bits per heavy atom. The van der Waals surface area contributed by atoms with E-state index in [4.69, 9.17) is 4.74 Å². The molecule has 1 unspecified atom stereocenters. The van der Waals surface area contributed by atoms with Crippen molar-refractivity contribution >= 4 is 5.97 Å². The number of rotatable bonds is 7. The lowest BCUT2D eigenvalue weighted by molar-refractivity contribution is -0.142. The fourth-order valence-corrected chi connectivity index (χ4v) is 1.98. The molecule has 0 aliphatic heterocycles. The van der Waals surface area contributed by atoms with Crippen molar-refractivity contribution in [2.45, 2.75) is 26.7 Å². The van der Waals surface area contributed by atoms with E-state index in [1.54, 1.807) is 0 Å². The Hall–Kier alpha value is -1.35. The van der Waals surface area contributed by atoms with Gasteiger partial charge in [-0.05, 0) is 24.3 Å². The van der Waals surface area contributed by atoms with Crippen LogP contribution in [-0.4, -0.2) is 25.7 Å². The number of nitrogens with one attached hydrogen (secondary N) is 1. The zero-order valence-corrected chi connectivity index (χ0v) is 11.5. The first-order chi connectivity index (χ1) is 8.65. The van der Waals surface area contributed by atoms with Gasteiger partial charge in [0, 0.05) is 6.54 Å². The second-order valence-electron chi connectivity index (χ2n) is 4.70. The maximum atomic E-state index is 11.2. The Balaban J connectivity index is 2.47. The second kappa shape index (κ2) is 7.88. The van der Waals surface area contributed by atoms with E-state index in [1.165, 1.54) is 5.56 Å². The second-order valence-corrected chi connectivity index (χ2v) is 4.70. The van der Waals surface area contributed by atoms with Crippen LogP contribution in [0.2, 0.25) is 0 Å². The number of carbonyl (C=O) groups is 1. The van der Waals surface area contributed by atoms with E-state index in [0.29, 0.717) is 18.4 Å². The Bertz CT molecular complexity index is 349. The minimum atomic E-state index is -0.187. The van der Waals surface area contributed by atoms with Crippen LogP contribution in [0.1, 0.15) is 32.3 Å². The van der Waals surface area contributed by atoms with Gasteiger partial charge in [0.05, 0.1) is 13.2 Å². The van der Waals surface area contributed by atoms with Crippen LogP contribution in [0.5, 0.6) is 0 Å². The lowest BCUT2D eigenvalue weighted by Crippen LogP contribution is -2.30. The van der Waals surface area contributed by atoms with Crippen molar-refractivity contribution in [1.82, 2.24) is 5.32 Å². The molecule has 3 heteroatoms. The zero-order chi connectivity index (χ0) is 13.4. The normalized spacial score (nSPS) is 12.4. The highest BCUT2D eigenvalue weighted by Gasteiger charge is 2.15. The van der Waals surface area contributed by atoms with E-state index in [2.05, 4.69) is 43.4 Å². The number of carbonyl (C=O) groups excluding carboxylic acids is 1. The number of hydrogen-bond acceptors (Lipinski definition) is 3. The van der Waals surface area contributed by atoms with E-state index < -0.39 is 0 Å². The molecule has 1 rings (SSSR count). The largest absolute Gasteiger partial charge is 0.465 e. The molecule has 1 aromatic rings. The molecular formula is C15H23NO2. The minimum Gasteiger partial charge on any atom is -0.465 e. The lowest BCUT2D eigenvalue weighted by Gasteiger charge is -2.21. The monoisotopic (exact) mass is 249 g/mol. The van der Waals surface area contributed by atoms with Gasteiger partial charge in [0.2, 0.25) is 0 Å². The first-order valence-corrected chi connectivity index (χ1v) is 6.56. The van der Waals surface area contributed by atoms with Crippen LogP contribution in [0.15, 0.2) is 30.3 Å². The summed E-state index contributed by atoms with van der Waals surface area (Å²) in [5.41, 5.74) is 1.31. The van der Waals surface area contributed by atoms with Crippen LogP contribution in [0.25, 0.3) is 0 Å². The van der Waals surface area contributed by atoms with E-state index in [-0.39, 0.29) is 12.5 Å². The molecule has 0 radical (unpaired) electrons. The van der Waals surface area contributed by atoms with E-state index in [9.17, 15) is 4.79 Å². The summed E-state index contributed by atoms with van der Waals surface area (Å²) in [6, 6.07) is 10.4. The van der Waals surface area contributed by atoms with Crippen LogP contribution in [0.4, 0.5) is 0 Å². The van der Waals surface area contributed by atoms with Crippen molar-refractivity contribution in [3.63, 3.8) is 0 Å². The molecule has 0 saturated heterocycles. The van der Waals surface area contributed by atoms with Gasteiger partial charge in [-0.3, -0.25) is 4.79 Å². The molecule has 1 atom stereocenters. The summed E-state index contributed by atoms with van der Waals surface area (Å²) in [7, 11) is 0. The van der Waals surface area contributed by atoms with Crippen LogP contribution in [0, 0.1) is 5.92 Å². The molecule has 0 bridgehead atoms. The molecular weight excluding hydrogens is 226 g/mol. The fourth-order valence-electron chi connectivity index (χ4n) is 1.98. The first kappa shape index (κ1) is 14.7. The van der Waals surface area contributed by atoms with Crippen LogP contribution in [0.3, 0.4) is 0 Å². The summed E-state index contributed by atoms with van der Waals surface area (Å²) in [6.07, 6.45) is 0. The highest BCUT2D eigenvalue weighted by atomic mass is 16.5. The smallest absolute Gasteiger partial charge is 0.319 e. The molecule has 0 aliphatic rings. The lowest BCUT2D eigenvalue weighted by atomic mass is 9.88. The molecule has 1 aromatic carbocycles. The third kappa shape index (κ3) is 4.88. The summed E-state index contributed by atoms with van der Waals surface area (Å²) >= 11 is 0. The SMILES string of the molecule is CCOC(=O)CNCC(c1ccccc1)C(C)C. The highest BCUT2D eigenvalue weighted by Crippen LogP contribution is 2.23. The van der Waals surface area contributed by atoms with Gasteiger partial charge in [0.1, 0.15) is 0 Å². The quantitative estimate of drug-likeness (QED) is 0.755. The van der Waals surface area contributed by atoms with E-state index in [0.717, 1.165) is 6.54 Å². The molecule has 0 amide bonds. The predicted octanol–water partition coefficient (Wildman–Crippen LogP) is 2.58. The van der Waals surface area contributed by atoms with Crippen molar-refractivity contribution in [1.29, 1.82) is 0 Å². The molecule has 1 N–H and O–H groups in total. The summed E-state index contributed by atoms with van der Waals surface area (Å²) < 4.78 is 4.89. The van der Waals surface area contributed by atoms with Gasteiger partial charge in [-0.15, -0.1) is 0 Å². The van der Waals surface area contributed by atoms with Gasteiger partial charge >= 0.3 is 5.97 Å². The van der Waals surface area contributed by atoms with Crippen molar-refractivity contribution in [2.75, 3.05) is 19.7 Å². The third-order valence-corrected chi connectivity index (χ3v) is 2.97. The van der Waals surface area contributed by atoms with Crippen molar-refractivity contribution in [3.8, 4) is 0 Å². The van der Waals surface area contributed by atoms with Crippen LogP contribution >= 0.6 is 0 Å². The van der Waals surface area contributed by atoms with Gasteiger partial charge in [0.25, 0.3) is 0 Å². The molecule has 0 spiro atoms. The number of benzene rings is 1. The molecule has 18 heavy (non-hydrogen) atoms. The summed E-state index contributed by atoms with van der Waals surface area (Å²) in [6.45, 7) is 7.73. The Morgan fingerprint density at radius 3 is 2.50 bits per heavy atom. The molecule has 0 aliphatic carbocycles. The van der Waals surface area contributed by atoms with E-state index >= 15 is 0 Å². The molecule has 0 aromatic heterocycles. The average molecular weight is 249 g/mol. The van der Waals surface area contributed by atoms with Gasteiger partial charge in [0.15, 0.2) is 0 Å². The van der Waals surface area contributed by atoms with Gasteiger partial charge in [-0.2, -0.15) is 0 Å². The zero-order valence-electron chi connectivity index (χ0n) is 11.5. The number of ether oxygens (including phenoxy) is 1. The predicted molar refractivity (Wildman–Crippen MR) is 73.5 cm³/mol. The Labute approximate surface area is 110 Å². The topological polar surface area (TPSA) is 38.3 Å². The molecule has 0 heterocycles. The van der Waals surface area contributed by atoms with Crippen molar-refractivity contribution < 1.29 is 9.53 Å².